The average molecular weight is 492 g/mol. The molecule has 1 aromatic heterocycles. The number of sulfonamides is 1. The fourth-order valence-electron chi connectivity index (χ4n) is 3.99. The minimum Gasteiger partial charge on any atom is -0.497 e. The molecule has 4 aromatic rings. The van der Waals surface area contributed by atoms with Crippen molar-refractivity contribution in [3.05, 3.63) is 95.7 Å². The summed E-state index contributed by atoms with van der Waals surface area (Å²) in [5.41, 5.74) is 4.14. The van der Waals surface area contributed by atoms with Gasteiger partial charge in [-0.05, 0) is 47.5 Å². The quantitative estimate of drug-likeness (QED) is 0.294. The van der Waals surface area contributed by atoms with E-state index >= 15 is 0 Å². The maximum Gasteiger partial charge on any atom is 0.278 e. The summed E-state index contributed by atoms with van der Waals surface area (Å²) in [5.74, 6) is -0.346. The molecule has 1 amide bonds. The molecule has 2 N–H and O–H groups in total. The third-order valence-corrected chi connectivity index (χ3v) is 7.81. The lowest BCUT2D eigenvalue weighted by Crippen LogP contribution is -2.30. The van der Waals surface area contributed by atoms with E-state index in [0.29, 0.717) is 16.7 Å². The van der Waals surface area contributed by atoms with Crippen molar-refractivity contribution in [2.24, 2.45) is 0 Å². The summed E-state index contributed by atoms with van der Waals surface area (Å²) in [6, 6.07) is 21.4. The Balaban J connectivity index is 1.91. The zero-order valence-electron chi connectivity index (χ0n) is 19.5. The van der Waals surface area contributed by atoms with Gasteiger partial charge in [0.1, 0.15) is 5.75 Å². The van der Waals surface area contributed by atoms with Gasteiger partial charge in [0.05, 0.1) is 28.8 Å². The van der Waals surface area contributed by atoms with Crippen molar-refractivity contribution < 1.29 is 23.2 Å². The molecule has 0 bridgehead atoms. The molecule has 0 radical (unpaired) electrons. The van der Waals surface area contributed by atoms with E-state index < -0.39 is 15.9 Å². The molecule has 4 rings (SSSR count). The highest BCUT2D eigenvalue weighted by Crippen LogP contribution is 2.35. The second-order valence-electron chi connectivity index (χ2n) is 8.02. The van der Waals surface area contributed by atoms with Crippen molar-refractivity contribution in [1.82, 2.24) is 10.5 Å². The first-order valence-corrected chi connectivity index (χ1v) is 12.3. The van der Waals surface area contributed by atoms with Crippen LogP contribution >= 0.6 is 0 Å². The summed E-state index contributed by atoms with van der Waals surface area (Å²) in [6.45, 7) is 2.05. The van der Waals surface area contributed by atoms with E-state index in [1.54, 1.807) is 23.7 Å². The molecule has 1 unspecified atom stereocenters. The predicted octanol–water partition coefficient (Wildman–Crippen LogP) is 4.34. The van der Waals surface area contributed by atoms with Crippen LogP contribution in [0.3, 0.4) is 0 Å². The average Bonchev–Trinajstić information content (AvgIpc) is 2.91. The van der Waals surface area contributed by atoms with Crippen LogP contribution in [0.4, 0.5) is 5.69 Å². The SMILES string of the molecule is COc1ccc(S(=O)(=O)N(C)c2c(C(=O)NO)cnc3ccc(C(C)c4ccccc4)cc23)cc1. The zero-order valence-corrected chi connectivity index (χ0v) is 20.3. The number of ether oxygens (including phenoxy) is 1. The summed E-state index contributed by atoms with van der Waals surface area (Å²) >= 11 is 0. The maximum absolute atomic E-state index is 13.5. The number of nitrogens with one attached hydrogen (secondary N) is 1. The van der Waals surface area contributed by atoms with Crippen LogP contribution in [0.15, 0.2) is 83.9 Å². The summed E-state index contributed by atoms with van der Waals surface area (Å²) in [5, 5.41) is 9.79. The van der Waals surface area contributed by atoms with Gasteiger partial charge in [-0.1, -0.05) is 43.3 Å². The number of aromatic nitrogens is 1. The van der Waals surface area contributed by atoms with E-state index in [-0.39, 0.29) is 22.1 Å². The van der Waals surface area contributed by atoms with Crippen molar-refractivity contribution in [2.75, 3.05) is 18.5 Å². The number of rotatable bonds is 7. The van der Waals surface area contributed by atoms with Crippen LogP contribution in [-0.4, -0.2) is 38.7 Å². The molecule has 0 fully saturated rings. The topological polar surface area (TPSA) is 109 Å². The van der Waals surface area contributed by atoms with Gasteiger partial charge >= 0.3 is 0 Å². The van der Waals surface area contributed by atoms with E-state index in [9.17, 15) is 18.4 Å². The Labute approximate surface area is 203 Å². The number of nitrogens with zero attached hydrogens (tertiary/aromatic N) is 2. The van der Waals surface area contributed by atoms with Crippen molar-refractivity contribution in [1.29, 1.82) is 0 Å². The Morgan fingerprint density at radius 2 is 1.71 bits per heavy atom. The summed E-state index contributed by atoms with van der Waals surface area (Å²) in [4.78, 5) is 16.9. The second-order valence-corrected chi connectivity index (χ2v) is 9.99. The van der Waals surface area contributed by atoms with Crippen LogP contribution in [-0.2, 0) is 10.0 Å². The molecule has 3 aromatic carbocycles. The smallest absolute Gasteiger partial charge is 0.278 e. The zero-order chi connectivity index (χ0) is 25.2. The van der Waals surface area contributed by atoms with Crippen LogP contribution in [0.2, 0.25) is 0 Å². The molecule has 0 saturated carbocycles. The third kappa shape index (κ3) is 4.55. The highest BCUT2D eigenvalue weighted by Gasteiger charge is 2.28. The van der Waals surface area contributed by atoms with Crippen molar-refractivity contribution in [2.45, 2.75) is 17.7 Å². The van der Waals surface area contributed by atoms with Gasteiger partial charge in [-0.2, -0.15) is 0 Å². The molecule has 35 heavy (non-hydrogen) atoms. The predicted molar refractivity (Wildman–Crippen MR) is 134 cm³/mol. The van der Waals surface area contributed by atoms with Crippen molar-refractivity contribution in [3.8, 4) is 5.75 Å². The minimum atomic E-state index is -4.07. The van der Waals surface area contributed by atoms with E-state index in [4.69, 9.17) is 4.74 Å². The van der Waals surface area contributed by atoms with Crippen molar-refractivity contribution in [3.63, 3.8) is 0 Å². The number of hydrogen-bond donors (Lipinski definition) is 2. The lowest BCUT2D eigenvalue weighted by molar-refractivity contribution is 0.0707. The highest BCUT2D eigenvalue weighted by molar-refractivity contribution is 7.92. The molecule has 8 nitrogen and oxygen atoms in total. The minimum absolute atomic E-state index is 0.00674. The van der Waals surface area contributed by atoms with Crippen LogP contribution in [0, 0.1) is 0 Å². The van der Waals surface area contributed by atoms with E-state index in [2.05, 4.69) is 4.98 Å². The third-order valence-electron chi connectivity index (χ3n) is 6.04. The van der Waals surface area contributed by atoms with E-state index in [1.807, 2.05) is 49.4 Å². The largest absolute Gasteiger partial charge is 0.497 e. The molecule has 0 aliphatic heterocycles. The molecular formula is C26H25N3O5S. The molecular weight excluding hydrogens is 466 g/mol. The lowest BCUT2D eigenvalue weighted by atomic mass is 9.92. The van der Waals surface area contributed by atoms with Gasteiger partial charge in [0.2, 0.25) is 0 Å². The Morgan fingerprint density at radius 1 is 1.03 bits per heavy atom. The molecule has 0 spiro atoms. The number of hydroxylamine groups is 1. The monoisotopic (exact) mass is 491 g/mol. The molecule has 1 heterocycles. The number of pyridine rings is 1. The molecule has 1 atom stereocenters. The van der Waals surface area contributed by atoms with Gasteiger partial charge in [0.15, 0.2) is 0 Å². The van der Waals surface area contributed by atoms with Crippen LogP contribution < -0.4 is 14.5 Å². The Kier molecular flexibility index (Phi) is 6.72. The fraction of sp³-hybridized carbons (Fsp3) is 0.154. The number of methoxy groups -OCH3 is 1. The molecule has 180 valence electrons. The first kappa shape index (κ1) is 24.2. The number of carbonyl (C=O) groups excluding carboxylic acids is 1. The van der Waals surface area contributed by atoms with Gasteiger partial charge in [-0.3, -0.25) is 19.3 Å². The summed E-state index contributed by atoms with van der Waals surface area (Å²) in [7, 11) is -1.21. The first-order valence-electron chi connectivity index (χ1n) is 10.8. The second kappa shape index (κ2) is 9.73. The van der Waals surface area contributed by atoms with Gasteiger partial charge in [-0.15, -0.1) is 0 Å². The number of amides is 1. The van der Waals surface area contributed by atoms with Gasteiger partial charge in [0.25, 0.3) is 15.9 Å². The Hall–Kier alpha value is -3.95. The van der Waals surface area contributed by atoms with Crippen LogP contribution in [0.1, 0.15) is 34.3 Å². The number of anilines is 1. The Morgan fingerprint density at radius 3 is 2.34 bits per heavy atom. The molecule has 9 heteroatoms. The maximum atomic E-state index is 13.5. The van der Waals surface area contributed by atoms with E-state index in [1.165, 1.54) is 32.5 Å². The molecule has 0 aliphatic carbocycles. The van der Waals surface area contributed by atoms with Crippen molar-refractivity contribution >= 4 is 32.5 Å². The van der Waals surface area contributed by atoms with Gasteiger partial charge in [0, 0.05) is 24.5 Å². The standard InChI is InChI=1S/C26H25N3O5S/c1-17(18-7-5-4-6-8-18)19-9-14-24-22(15-19)25(23(16-27-24)26(30)28-31)29(2)35(32,33)21-12-10-20(34-3)11-13-21/h4-17,31H,1-3H3,(H,28,30). The molecule has 0 saturated heterocycles. The fourth-order valence-corrected chi connectivity index (χ4v) is 5.22. The van der Waals surface area contributed by atoms with Crippen LogP contribution in [0.5, 0.6) is 5.75 Å². The number of benzene rings is 3. The van der Waals surface area contributed by atoms with Gasteiger partial charge < -0.3 is 4.74 Å². The first-order chi connectivity index (χ1) is 16.8. The summed E-state index contributed by atoms with van der Waals surface area (Å²) < 4.78 is 33.3. The number of carbonyl (C=O) groups is 1. The van der Waals surface area contributed by atoms with E-state index in [0.717, 1.165) is 15.4 Å². The highest BCUT2D eigenvalue weighted by atomic mass is 32.2. The number of fused-ring (bicyclic) bond motifs is 1. The van der Waals surface area contributed by atoms with Gasteiger partial charge in [-0.25, -0.2) is 13.9 Å². The van der Waals surface area contributed by atoms with Crippen LogP contribution in [0.25, 0.3) is 10.9 Å². The molecule has 0 aliphatic rings. The normalized spacial score (nSPS) is 12.2. The number of hydrogen-bond acceptors (Lipinski definition) is 6. The Bertz CT molecular complexity index is 1470. The lowest BCUT2D eigenvalue weighted by Gasteiger charge is -2.24. The summed E-state index contributed by atoms with van der Waals surface area (Å²) in [6.07, 6.45) is 1.25.